The van der Waals surface area contributed by atoms with E-state index in [1.54, 1.807) is 35.7 Å². The van der Waals surface area contributed by atoms with Gasteiger partial charge in [-0.05, 0) is 32.1 Å². The molecule has 2 aromatic rings. The first-order chi connectivity index (χ1) is 8.06. The van der Waals surface area contributed by atoms with E-state index in [0.717, 1.165) is 20.5 Å². The minimum absolute atomic E-state index is 0.341. The van der Waals surface area contributed by atoms with E-state index in [1.165, 1.54) is 0 Å². The van der Waals surface area contributed by atoms with E-state index in [2.05, 4.69) is 4.98 Å². The standard InChI is InChI=1S/C12H11NO2S2/c1-7(12(14)15)5-9-3-4-11(17-9)10-6-16-8(2)13-10/h3-6H,1-2H3,(H,14,15)/b7-5+. The number of carbonyl (C=O) groups is 1. The van der Waals surface area contributed by atoms with Crippen molar-refractivity contribution in [3.8, 4) is 10.6 Å². The first-order valence-electron chi connectivity index (χ1n) is 5.00. The maximum Gasteiger partial charge on any atom is 0.331 e. The highest BCUT2D eigenvalue weighted by Gasteiger charge is 2.06. The third-order valence-electron chi connectivity index (χ3n) is 2.19. The molecule has 0 radical (unpaired) electrons. The number of rotatable bonds is 3. The zero-order valence-corrected chi connectivity index (χ0v) is 11.1. The lowest BCUT2D eigenvalue weighted by Gasteiger charge is -1.90. The van der Waals surface area contributed by atoms with Crippen LogP contribution in [-0.2, 0) is 4.79 Å². The zero-order chi connectivity index (χ0) is 12.4. The highest BCUT2D eigenvalue weighted by molar-refractivity contribution is 7.16. The van der Waals surface area contributed by atoms with Crippen LogP contribution in [0.25, 0.3) is 16.6 Å². The smallest absolute Gasteiger partial charge is 0.331 e. The van der Waals surface area contributed by atoms with E-state index in [4.69, 9.17) is 5.11 Å². The summed E-state index contributed by atoms with van der Waals surface area (Å²) < 4.78 is 0. The number of thiazole rings is 1. The van der Waals surface area contributed by atoms with Gasteiger partial charge in [0.2, 0.25) is 0 Å². The number of aromatic nitrogens is 1. The Labute approximate surface area is 107 Å². The predicted molar refractivity (Wildman–Crippen MR) is 71.5 cm³/mol. The van der Waals surface area contributed by atoms with Gasteiger partial charge < -0.3 is 5.11 Å². The summed E-state index contributed by atoms with van der Waals surface area (Å²) in [6.45, 7) is 3.56. The molecule has 0 atom stereocenters. The van der Waals surface area contributed by atoms with E-state index < -0.39 is 5.97 Å². The molecule has 0 aliphatic rings. The number of hydrogen-bond donors (Lipinski definition) is 1. The summed E-state index contributed by atoms with van der Waals surface area (Å²) in [4.78, 5) is 17.1. The summed E-state index contributed by atoms with van der Waals surface area (Å²) in [5.41, 5.74) is 1.30. The van der Waals surface area contributed by atoms with Crippen LogP contribution < -0.4 is 0 Å². The number of aliphatic carboxylic acids is 1. The molecule has 5 heteroatoms. The molecule has 0 saturated heterocycles. The minimum Gasteiger partial charge on any atom is -0.478 e. The zero-order valence-electron chi connectivity index (χ0n) is 9.43. The summed E-state index contributed by atoms with van der Waals surface area (Å²) >= 11 is 3.16. The Bertz CT molecular complexity index is 581. The van der Waals surface area contributed by atoms with Crippen LogP contribution >= 0.6 is 22.7 Å². The predicted octanol–water partition coefficient (Wildman–Crippen LogP) is 3.67. The fourth-order valence-electron chi connectivity index (χ4n) is 1.32. The Balaban J connectivity index is 2.28. The second kappa shape index (κ2) is 4.81. The molecule has 0 saturated carbocycles. The van der Waals surface area contributed by atoms with Gasteiger partial charge >= 0.3 is 5.97 Å². The molecule has 2 aromatic heterocycles. The molecular weight excluding hydrogens is 254 g/mol. The van der Waals surface area contributed by atoms with E-state index >= 15 is 0 Å². The lowest BCUT2D eigenvalue weighted by Crippen LogP contribution is -1.94. The average Bonchev–Trinajstić information content (AvgIpc) is 2.86. The van der Waals surface area contributed by atoms with Gasteiger partial charge in [-0.1, -0.05) is 0 Å². The van der Waals surface area contributed by atoms with Crippen LogP contribution in [0.5, 0.6) is 0 Å². The van der Waals surface area contributed by atoms with Gasteiger partial charge in [-0.25, -0.2) is 9.78 Å². The van der Waals surface area contributed by atoms with Crippen LogP contribution in [-0.4, -0.2) is 16.1 Å². The lowest BCUT2D eigenvalue weighted by molar-refractivity contribution is -0.132. The largest absolute Gasteiger partial charge is 0.478 e. The molecule has 0 aliphatic carbocycles. The van der Waals surface area contributed by atoms with Gasteiger partial charge in [0.05, 0.1) is 15.6 Å². The summed E-state index contributed by atoms with van der Waals surface area (Å²) in [6, 6.07) is 3.89. The highest BCUT2D eigenvalue weighted by atomic mass is 32.1. The van der Waals surface area contributed by atoms with Crippen molar-refractivity contribution < 1.29 is 9.90 Å². The summed E-state index contributed by atoms with van der Waals surface area (Å²) in [6.07, 6.45) is 1.68. The monoisotopic (exact) mass is 265 g/mol. The number of hydrogen-bond acceptors (Lipinski definition) is 4. The maximum absolute atomic E-state index is 10.7. The average molecular weight is 265 g/mol. The van der Waals surface area contributed by atoms with Gasteiger partial charge in [-0.3, -0.25) is 0 Å². The van der Waals surface area contributed by atoms with Crippen LogP contribution in [0.1, 0.15) is 16.8 Å². The Morgan fingerprint density at radius 2 is 2.24 bits per heavy atom. The molecule has 0 aromatic carbocycles. The number of aryl methyl sites for hydroxylation is 1. The molecule has 0 amide bonds. The van der Waals surface area contributed by atoms with Crippen molar-refractivity contribution in [2.24, 2.45) is 0 Å². The van der Waals surface area contributed by atoms with Crippen molar-refractivity contribution >= 4 is 34.7 Å². The molecule has 3 nitrogen and oxygen atoms in total. The Morgan fingerprint density at radius 3 is 2.82 bits per heavy atom. The van der Waals surface area contributed by atoms with Gasteiger partial charge in [0.25, 0.3) is 0 Å². The Morgan fingerprint density at radius 1 is 1.47 bits per heavy atom. The van der Waals surface area contributed by atoms with Gasteiger partial charge in [0, 0.05) is 15.8 Å². The van der Waals surface area contributed by atoms with E-state index in [-0.39, 0.29) is 0 Å². The van der Waals surface area contributed by atoms with Gasteiger partial charge in [0.15, 0.2) is 0 Å². The minimum atomic E-state index is -0.885. The van der Waals surface area contributed by atoms with Gasteiger partial charge in [0.1, 0.15) is 0 Å². The topological polar surface area (TPSA) is 50.2 Å². The molecule has 2 rings (SSSR count). The number of nitrogens with zero attached hydrogens (tertiary/aromatic N) is 1. The van der Waals surface area contributed by atoms with Crippen molar-refractivity contribution in [3.63, 3.8) is 0 Å². The summed E-state index contributed by atoms with van der Waals surface area (Å²) in [5, 5.41) is 11.8. The van der Waals surface area contributed by atoms with Crippen LogP contribution in [0.15, 0.2) is 23.1 Å². The first-order valence-corrected chi connectivity index (χ1v) is 6.70. The molecule has 1 N–H and O–H groups in total. The van der Waals surface area contributed by atoms with Gasteiger partial charge in [-0.2, -0.15) is 0 Å². The van der Waals surface area contributed by atoms with Crippen LogP contribution in [0, 0.1) is 6.92 Å². The second-order valence-electron chi connectivity index (χ2n) is 3.59. The quantitative estimate of drug-likeness (QED) is 0.861. The Hall–Kier alpha value is -1.46. The van der Waals surface area contributed by atoms with Crippen molar-refractivity contribution in [2.75, 3.05) is 0 Å². The molecular formula is C12H11NO2S2. The van der Waals surface area contributed by atoms with Crippen molar-refractivity contribution in [1.29, 1.82) is 0 Å². The third kappa shape index (κ3) is 2.81. The number of carboxylic acid groups (broad SMARTS) is 1. The molecule has 0 unspecified atom stereocenters. The molecule has 17 heavy (non-hydrogen) atoms. The molecule has 0 aliphatic heterocycles. The SMILES string of the molecule is C/C(=C\c1ccc(-c2csc(C)n2)s1)C(=O)O. The normalized spacial score (nSPS) is 11.8. The Kier molecular flexibility index (Phi) is 3.40. The van der Waals surface area contributed by atoms with E-state index in [9.17, 15) is 4.79 Å². The van der Waals surface area contributed by atoms with E-state index in [1.807, 2.05) is 24.4 Å². The van der Waals surface area contributed by atoms with Crippen molar-refractivity contribution in [3.05, 3.63) is 33.0 Å². The van der Waals surface area contributed by atoms with E-state index in [0.29, 0.717) is 5.57 Å². The summed E-state index contributed by atoms with van der Waals surface area (Å²) in [5.74, 6) is -0.885. The highest BCUT2D eigenvalue weighted by Crippen LogP contribution is 2.30. The molecule has 0 fully saturated rings. The fourth-order valence-corrected chi connectivity index (χ4v) is 2.98. The van der Waals surface area contributed by atoms with Gasteiger partial charge in [-0.15, -0.1) is 22.7 Å². The molecule has 2 heterocycles. The maximum atomic E-state index is 10.7. The number of thiophene rings is 1. The molecule has 0 bridgehead atoms. The van der Waals surface area contributed by atoms with Crippen molar-refractivity contribution in [2.45, 2.75) is 13.8 Å². The van der Waals surface area contributed by atoms with Crippen LogP contribution in [0.2, 0.25) is 0 Å². The third-order valence-corrected chi connectivity index (χ3v) is 4.02. The van der Waals surface area contributed by atoms with Crippen molar-refractivity contribution in [1.82, 2.24) is 4.98 Å². The number of carboxylic acids is 1. The molecule has 88 valence electrons. The lowest BCUT2D eigenvalue weighted by atomic mass is 10.2. The fraction of sp³-hybridized carbons (Fsp3) is 0.167. The molecule has 0 spiro atoms. The van der Waals surface area contributed by atoms with Crippen LogP contribution in [0.4, 0.5) is 0 Å². The van der Waals surface area contributed by atoms with Crippen LogP contribution in [0.3, 0.4) is 0 Å². The second-order valence-corrected chi connectivity index (χ2v) is 5.76. The first kappa shape index (κ1) is 12.0. The summed E-state index contributed by atoms with van der Waals surface area (Å²) in [7, 11) is 0.